The number of primary amides is 1. The Balaban J connectivity index is 0.654. The van der Waals surface area contributed by atoms with Crippen LogP contribution in [0.2, 0.25) is 20.1 Å². The summed E-state index contributed by atoms with van der Waals surface area (Å²) in [5.41, 5.74) is 14.6. The number of ether oxygens (including phenoxy) is 4. The largest absolute Gasteiger partial charge is 0.377 e. The van der Waals surface area contributed by atoms with E-state index < -0.39 is 11.6 Å². The van der Waals surface area contributed by atoms with Gasteiger partial charge in [-0.25, -0.2) is 4.79 Å². The highest BCUT2D eigenvalue weighted by Gasteiger charge is 2.35. The van der Waals surface area contributed by atoms with Gasteiger partial charge in [-0.2, -0.15) is 0 Å². The van der Waals surface area contributed by atoms with Crippen molar-refractivity contribution in [3.05, 3.63) is 136 Å². The quantitative estimate of drug-likeness (QED) is 0.0383. The highest BCUT2D eigenvalue weighted by atomic mass is 35.5. The van der Waals surface area contributed by atoms with Gasteiger partial charge >= 0.3 is 6.03 Å². The third-order valence-corrected chi connectivity index (χ3v) is 16.6. The van der Waals surface area contributed by atoms with Crippen molar-refractivity contribution in [2.45, 2.75) is 89.0 Å². The maximum absolute atomic E-state index is 13.5. The van der Waals surface area contributed by atoms with Crippen molar-refractivity contribution in [1.82, 2.24) is 35.6 Å². The van der Waals surface area contributed by atoms with Gasteiger partial charge in [0.1, 0.15) is 0 Å². The van der Waals surface area contributed by atoms with Crippen LogP contribution in [0.15, 0.2) is 60.7 Å². The molecule has 21 heteroatoms. The summed E-state index contributed by atoms with van der Waals surface area (Å²) in [4.78, 5) is 73.0. The second kappa shape index (κ2) is 28.8. The molecule has 4 heterocycles. The molecule has 4 aromatic carbocycles. The van der Waals surface area contributed by atoms with Gasteiger partial charge < -0.3 is 60.2 Å². The molecule has 80 heavy (non-hydrogen) atoms. The van der Waals surface area contributed by atoms with E-state index in [2.05, 4.69) is 52.0 Å². The first-order valence-corrected chi connectivity index (χ1v) is 29.1. The molecule has 2 atom stereocenters. The van der Waals surface area contributed by atoms with Gasteiger partial charge in [-0.1, -0.05) is 84.0 Å². The molecule has 0 spiro atoms. The lowest BCUT2D eigenvalue weighted by molar-refractivity contribution is -0.121. The van der Waals surface area contributed by atoms with E-state index in [1.165, 1.54) is 0 Å². The minimum atomic E-state index is -0.846. The predicted octanol–water partition coefficient (Wildman–Crippen LogP) is 8.13. The molecule has 0 fully saturated rings. The van der Waals surface area contributed by atoms with Crippen LogP contribution in [0.5, 0.6) is 0 Å². The number of hydrogen-bond acceptors (Lipinski definition) is 11. The molecule has 432 valence electrons. The SMILES string of the molecule is CCCC(CCC(=O)NCCOCCOCCN1Cc2ccc(C3CN(C)Cc4c(Cl)cc(Cl)cc43)cc2C1=O)(CCC(=O)NCCOCCOCCN1Cc2ccc(C3CN(C)Cc4c(Cl)cc(Cl)cc43)cc2C1=O)NC(N)=O. The summed E-state index contributed by atoms with van der Waals surface area (Å²) in [6, 6.07) is 19.1. The van der Waals surface area contributed by atoms with E-state index in [9.17, 15) is 24.0 Å². The number of nitrogens with two attached hydrogens (primary N) is 1. The van der Waals surface area contributed by atoms with Crippen molar-refractivity contribution in [3.8, 4) is 0 Å². The highest BCUT2D eigenvalue weighted by Crippen LogP contribution is 2.41. The van der Waals surface area contributed by atoms with E-state index in [0.29, 0.717) is 123 Å². The number of likely N-dealkylation sites (N-methyl/N-ethyl adjacent to an activating group) is 2. The zero-order chi connectivity index (χ0) is 56.9. The van der Waals surface area contributed by atoms with Crippen molar-refractivity contribution >= 4 is 76.1 Å². The normalized spacial score (nSPS) is 17.7. The first-order valence-electron chi connectivity index (χ1n) is 27.6. The van der Waals surface area contributed by atoms with Crippen LogP contribution >= 0.6 is 46.4 Å². The van der Waals surface area contributed by atoms with Crippen LogP contribution in [0.3, 0.4) is 0 Å². The summed E-state index contributed by atoms with van der Waals surface area (Å²) in [6.45, 7) is 10.0. The van der Waals surface area contributed by atoms with Crippen LogP contribution in [-0.2, 0) is 54.7 Å². The Labute approximate surface area is 489 Å². The van der Waals surface area contributed by atoms with E-state index in [1.54, 1.807) is 21.9 Å². The number of urea groups is 1. The minimum Gasteiger partial charge on any atom is -0.377 e. The van der Waals surface area contributed by atoms with E-state index in [-0.39, 0.29) is 74.6 Å². The van der Waals surface area contributed by atoms with Crippen LogP contribution < -0.4 is 21.7 Å². The summed E-state index contributed by atoms with van der Waals surface area (Å²) >= 11 is 26.0. The summed E-state index contributed by atoms with van der Waals surface area (Å²) in [5.74, 6) is -0.390. The number of fused-ring (bicyclic) bond motifs is 4. The van der Waals surface area contributed by atoms with E-state index in [4.69, 9.17) is 71.1 Å². The van der Waals surface area contributed by atoms with Gasteiger partial charge in [-0.15, -0.1) is 0 Å². The lowest BCUT2D eigenvalue weighted by atomic mass is 9.83. The number of amides is 6. The Morgan fingerprint density at radius 3 is 1.43 bits per heavy atom. The standard InChI is InChI=1S/C59H74Cl4N8O9/c1-4-11-59(67-58(64)76,12-9-54(72)65-14-18-77-22-24-79-20-16-70-32-40-7-5-38(26-44(40)56(70)74)48-34-68(2)36-50-46(48)28-42(60)30-52(50)62)13-10-55(73)66-15-19-78-23-25-80-21-17-71-33-41-8-6-39(27-45(41)57(71)75)49-35-69(3)37-51-47(49)29-43(61)31-53(51)63/h5-8,26-31,48-49H,4,9-25,32-37H2,1-3H3,(H,65,72)(H,66,73)(H3,64,67,76). The van der Waals surface area contributed by atoms with Gasteiger partial charge in [0.25, 0.3) is 11.8 Å². The van der Waals surface area contributed by atoms with Crippen LogP contribution in [0.25, 0.3) is 0 Å². The Kier molecular flexibility index (Phi) is 22.0. The Bertz CT molecular complexity index is 2700. The fourth-order valence-corrected chi connectivity index (χ4v) is 12.7. The fourth-order valence-electron chi connectivity index (χ4n) is 11.5. The van der Waals surface area contributed by atoms with Crippen LogP contribution in [0, 0.1) is 0 Å². The number of carbonyl (C=O) groups is 5. The molecule has 0 aromatic heterocycles. The van der Waals surface area contributed by atoms with Gasteiger partial charge in [0.15, 0.2) is 0 Å². The van der Waals surface area contributed by atoms with Crippen molar-refractivity contribution in [2.75, 3.05) is 106 Å². The first-order chi connectivity index (χ1) is 38.5. The zero-order valence-electron chi connectivity index (χ0n) is 46.0. The Morgan fingerprint density at radius 1 is 0.588 bits per heavy atom. The molecule has 0 bridgehead atoms. The second-order valence-corrected chi connectivity index (χ2v) is 23.1. The fraction of sp³-hybridized carbons (Fsp3) is 0.508. The van der Waals surface area contributed by atoms with E-state index in [1.807, 2.05) is 43.3 Å². The van der Waals surface area contributed by atoms with Crippen molar-refractivity contribution in [1.29, 1.82) is 0 Å². The number of benzene rings is 4. The monoisotopic (exact) mass is 1180 g/mol. The van der Waals surface area contributed by atoms with Gasteiger partial charge in [0.05, 0.1) is 52.9 Å². The molecule has 0 saturated carbocycles. The molecule has 17 nitrogen and oxygen atoms in total. The number of nitrogens with one attached hydrogen (secondary N) is 3. The molecule has 8 rings (SSSR count). The maximum atomic E-state index is 13.5. The van der Waals surface area contributed by atoms with E-state index >= 15 is 0 Å². The number of hydrogen-bond donors (Lipinski definition) is 4. The molecule has 4 aliphatic heterocycles. The molecule has 5 N–H and O–H groups in total. The maximum Gasteiger partial charge on any atom is 0.312 e. The van der Waals surface area contributed by atoms with Crippen molar-refractivity contribution in [3.63, 3.8) is 0 Å². The average molecular weight is 1180 g/mol. The molecular weight excluding hydrogens is 1110 g/mol. The van der Waals surface area contributed by atoms with Crippen molar-refractivity contribution in [2.24, 2.45) is 5.73 Å². The number of rotatable bonds is 29. The van der Waals surface area contributed by atoms with Crippen LogP contribution in [0.4, 0.5) is 4.79 Å². The van der Waals surface area contributed by atoms with Gasteiger partial charge in [-0.3, -0.25) is 19.2 Å². The van der Waals surface area contributed by atoms with Crippen LogP contribution in [0.1, 0.15) is 123 Å². The number of halogens is 4. The molecule has 4 aliphatic rings. The molecule has 2 unspecified atom stereocenters. The van der Waals surface area contributed by atoms with E-state index in [0.717, 1.165) is 70.7 Å². The van der Waals surface area contributed by atoms with Gasteiger partial charge in [0, 0.05) is 127 Å². The topological polar surface area (TPSA) is 197 Å². The van der Waals surface area contributed by atoms with Gasteiger partial charge in [0.2, 0.25) is 11.8 Å². The molecule has 6 amide bonds. The van der Waals surface area contributed by atoms with Gasteiger partial charge in [-0.05, 0) is 114 Å². The summed E-state index contributed by atoms with van der Waals surface area (Å²) in [7, 11) is 4.13. The summed E-state index contributed by atoms with van der Waals surface area (Å²) in [5, 5.41) is 11.1. The molecule has 0 aliphatic carbocycles. The van der Waals surface area contributed by atoms with Crippen molar-refractivity contribution < 1.29 is 42.9 Å². The Hall–Kier alpha value is -5.05. The molecule has 0 radical (unpaired) electrons. The third kappa shape index (κ3) is 15.9. The predicted molar refractivity (Wildman–Crippen MR) is 310 cm³/mol. The summed E-state index contributed by atoms with van der Waals surface area (Å²) < 4.78 is 23.0. The number of nitrogens with zero attached hydrogens (tertiary/aromatic N) is 4. The second-order valence-electron chi connectivity index (χ2n) is 21.4. The molecule has 4 aromatic rings. The third-order valence-electron chi connectivity index (χ3n) is 15.5. The lowest BCUT2D eigenvalue weighted by Crippen LogP contribution is -2.51. The van der Waals surface area contributed by atoms with Crippen LogP contribution in [-0.4, -0.2) is 161 Å². The number of carbonyl (C=O) groups excluding carboxylic acids is 5. The molecule has 0 saturated heterocycles. The zero-order valence-corrected chi connectivity index (χ0v) is 49.0. The first kappa shape index (κ1) is 61.0. The Morgan fingerprint density at radius 2 is 1.01 bits per heavy atom. The highest BCUT2D eigenvalue weighted by molar-refractivity contribution is 6.35. The summed E-state index contributed by atoms with van der Waals surface area (Å²) in [6.07, 6.45) is 2.04. The smallest absolute Gasteiger partial charge is 0.312 e. The molecular formula is C59H74Cl4N8O9. The minimum absolute atomic E-state index is 0.0201. The lowest BCUT2D eigenvalue weighted by Gasteiger charge is -2.34. The average Bonchev–Trinajstić information content (AvgIpc) is 3.95.